The zero-order chi connectivity index (χ0) is 17.2. The van der Waals surface area contributed by atoms with E-state index in [9.17, 15) is 9.18 Å². The number of aromatic nitrogens is 1. The van der Waals surface area contributed by atoms with Crippen molar-refractivity contribution >= 4 is 16.9 Å². The van der Waals surface area contributed by atoms with Crippen molar-refractivity contribution in [2.45, 2.75) is 18.9 Å². The molecule has 0 bridgehead atoms. The van der Waals surface area contributed by atoms with Crippen LogP contribution >= 0.6 is 0 Å². The Kier molecular flexibility index (Phi) is 4.19. The lowest BCUT2D eigenvalue weighted by Gasteiger charge is -2.23. The van der Waals surface area contributed by atoms with Gasteiger partial charge in [0.15, 0.2) is 0 Å². The zero-order valence-electron chi connectivity index (χ0n) is 13.6. The molecule has 25 heavy (non-hydrogen) atoms. The molecule has 0 radical (unpaired) electrons. The summed E-state index contributed by atoms with van der Waals surface area (Å²) in [5.41, 5.74) is 1.84. The Labute approximate surface area is 144 Å². The lowest BCUT2D eigenvalue weighted by Crippen LogP contribution is -2.45. The highest BCUT2D eigenvalue weighted by Crippen LogP contribution is 2.27. The van der Waals surface area contributed by atoms with E-state index < -0.39 is 5.82 Å². The predicted octanol–water partition coefficient (Wildman–Crippen LogP) is 3.12. The van der Waals surface area contributed by atoms with Crippen LogP contribution in [-0.2, 0) is 0 Å². The number of rotatable bonds is 3. The van der Waals surface area contributed by atoms with Crippen molar-refractivity contribution in [1.29, 1.82) is 0 Å². The Morgan fingerprint density at radius 1 is 1.32 bits per heavy atom. The van der Waals surface area contributed by atoms with Gasteiger partial charge in [-0.15, -0.1) is 0 Å². The SMILES string of the molecule is O=C(NC1CCCNC1)c1ccc(-c2cc3ccoc3cc2F)nc1. The van der Waals surface area contributed by atoms with Gasteiger partial charge in [0.1, 0.15) is 11.4 Å². The number of halogens is 1. The van der Waals surface area contributed by atoms with Crippen LogP contribution in [0.15, 0.2) is 47.2 Å². The van der Waals surface area contributed by atoms with Crippen LogP contribution in [0.1, 0.15) is 23.2 Å². The molecule has 2 N–H and O–H groups in total. The van der Waals surface area contributed by atoms with E-state index in [1.54, 1.807) is 24.3 Å². The number of furan rings is 1. The number of fused-ring (bicyclic) bond motifs is 1. The van der Waals surface area contributed by atoms with Crippen molar-refractivity contribution < 1.29 is 13.6 Å². The van der Waals surface area contributed by atoms with Crippen molar-refractivity contribution in [2.24, 2.45) is 0 Å². The number of pyridine rings is 1. The van der Waals surface area contributed by atoms with Crippen LogP contribution in [-0.4, -0.2) is 30.0 Å². The molecule has 0 spiro atoms. The summed E-state index contributed by atoms with van der Waals surface area (Å²) in [6.45, 7) is 1.78. The number of carbonyl (C=O) groups excluding carboxylic acids is 1. The Morgan fingerprint density at radius 2 is 2.24 bits per heavy atom. The van der Waals surface area contributed by atoms with Crippen molar-refractivity contribution in [3.8, 4) is 11.3 Å². The summed E-state index contributed by atoms with van der Waals surface area (Å²) in [4.78, 5) is 16.6. The van der Waals surface area contributed by atoms with Gasteiger partial charge in [-0.05, 0) is 43.7 Å². The zero-order valence-corrected chi connectivity index (χ0v) is 13.6. The van der Waals surface area contributed by atoms with Gasteiger partial charge in [-0.25, -0.2) is 4.39 Å². The average Bonchev–Trinajstić information content (AvgIpc) is 3.09. The molecular formula is C19H18FN3O2. The molecule has 6 heteroatoms. The second-order valence-electron chi connectivity index (χ2n) is 6.24. The molecule has 2 aromatic heterocycles. The van der Waals surface area contributed by atoms with E-state index in [1.165, 1.54) is 18.5 Å². The Morgan fingerprint density at radius 3 is 3.00 bits per heavy atom. The minimum Gasteiger partial charge on any atom is -0.464 e. The van der Waals surface area contributed by atoms with E-state index in [0.29, 0.717) is 22.4 Å². The van der Waals surface area contributed by atoms with Crippen molar-refractivity contribution in [3.05, 3.63) is 54.2 Å². The van der Waals surface area contributed by atoms with E-state index in [4.69, 9.17) is 4.42 Å². The van der Waals surface area contributed by atoms with Gasteiger partial charge < -0.3 is 15.1 Å². The van der Waals surface area contributed by atoms with Gasteiger partial charge in [0.05, 0.1) is 17.5 Å². The third-order valence-electron chi connectivity index (χ3n) is 4.48. The minimum absolute atomic E-state index is 0.141. The Hall–Kier alpha value is -2.73. The van der Waals surface area contributed by atoms with E-state index in [2.05, 4.69) is 15.6 Å². The number of nitrogens with zero attached hydrogens (tertiary/aromatic N) is 1. The van der Waals surface area contributed by atoms with Crippen LogP contribution in [0.25, 0.3) is 22.2 Å². The van der Waals surface area contributed by atoms with E-state index in [0.717, 1.165) is 31.3 Å². The average molecular weight is 339 g/mol. The topological polar surface area (TPSA) is 67.2 Å². The predicted molar refractivity (Wildman–Crippen MR) is 92.8 cm³/mol. The van der Waals surface area contributed by atoms with Gasteiger partial charge in [0, 0.05) is 35.8 Å². The quantitative estimate of drug-likeness (QED) is 0.769. The number of hydrogen-bond donors (Lipinski definition) is 2. The summed E-state index contributed by atoms with van der Waals surface area (Å²) in [6.07, 6.45) is 5.03. The first-order chi connectivity index (χ1) is 12.2. The second kappa shape index (κ2) is 6.64. The van der Waals surface area contributed by atoms with Gasteiger partial charge in [-0.3, -0.25) is 9.78 Å². The number of carbonyl (C=O) groups is 1. The molecule has 1 fully saturated rings. The fourth-order valence-corrected chi connectivity index (χ4v) is 3.11. The molecule has 1 aromatic carbocycles. The molecule has 1 amide bonds. The van der Waals surface area contributed by atoms with E-state index >= 15 is 0 Å². The van der Waals surface area contributed by atoms with Crippen LogP contribution in [0.4, 0.5) is 4.39 Å². The second-order valence-corrected chi connectivity index (χ2v) is 6.24. The number of piperidine rings is 1. The maximum Gasteiger partial charge on any atom is 0.253 e. The summed E-state index contributed by atoms with van der Waals surface area (Å²) < 4.78 is 19.5. The number of amides is 1. The highest BCUT2D eigenvalue weighted by atomic mass is 19.1. The minimum atomic E-state index is -0.402. The number of nitrogens with one attached hydrogen (secondary N) is 2. The highest BCUT2D eigenvalue weighted by Gasteiger charge is 2.17. The fourth-order valence-electron chi connectivity index (χ4n) is 3.11. The fraction of sp³-hybridized carbons (Fsp3) is 0.263. The van der Waals surface area contributed by atoms with Crippen LogP contribution < -0.4 is 10.6 Å². The van der Waals surface area contributed by atoms with Gasteiger partial charge in [-0.1, -0.05) is 0 Å². The monoisotopic (exact) mass is 339 g/mol. The molecule has 1 unspecified atom stereocenters. The molecule has 1 atom stereocenters. The lowest BCUT2D eigenvalue weighted by molar-refractivity contribution is 0.0930. The van der Waals surface area contributed by atoms with Gasteiger partial charge in [0.2, 0.25) is 0 Å². The molecule has 3 heterocycles. The molecule has 1 aliphatic rings. The molecule has 4 rings (SSSR count). The summed E-state index contributed by atoms with van der Waals surface area (Å²) in [5.74, 6) is -0.557. The first kappa shape index (κ1) is 15.8. The van der Waals surface area contributed by atoms with Gasteiger partial charge >= 0.3 is 0 Å². The van der Waals surface area contributed by atoms with Crippen LogP contribution in [0.5, 0.6) is 0 Å². The molecule has 1 aliphatic heterocycles. The molecule has 5 nitrogen and oxygen atoms in total. The standard InChI is InChI=1S/C19H18FN3O2/c20-16-9-18-12(5-7-25-18)8-15(16)17-4-3-13(10-22-17)19(24)23-14-2-1-6-21-11-14/h3-5,7-10,14,21H,1-2,6,11H2,(H,23,24). The van der Waals surface area contributed by atoms with Crippen molar-refractivity contribution in [2.75, 3.05) is 13.1 Å². The number of hydrogen-bond acceptors (Lipinski definition) is 4. The van der Waals surface area contributed by atoms with Gasteiger partial charge in [0.25, 0.3) is 5.91 Å². The first-order valence-corrected chi connectivity index (χ1v) is 8.35. The van der Waals surface area contributed by atoms with Crippen molar-refractivity contribution in [1.82, 2.24) is 15.6 Å². The summed E-state index contributed by atoms with van der Waals surface area (Å²) >= 11 is 0. The Bertz CT molecular complexity index is 899. The third kappa shape index (κ3) is 3.25. The molecule has 1 saturated heterocycles. The summed E-state index contributed by atoms with van der Waals surface area (Å²) in [6, 6.07) is 8.30. The maximum atomic E-state index is 14.3. The smallest absolute Gasteiger partial charge is 0.253 e. The van der Waals surface area contributed by atoms with Crippen LogP contribution in [0.3, 0.4) is 0 Å². The molecule has 128 valence electrons. The third-order valence-corrected chi connectivity index (χ3v) is 4.48. The highest BCUT2D eigenvalue weighted by molar-refractivity contribution is 5.94. The number of benzene rings is 1. The van der Waals surface area contributed by atoms with Gasteiger partial charge in [-0.2, -0.15) is 0 Å². The van der Waals surface area contributed by atoms with Crippen LogP contribution in [0, 0.1) is 5.82 Å². The maximum absolute atomic E-state index is 14.3. The molecular weight excluding hydrogens is 321 g/mol. The molecule has 0 aliphatic carbocycles. The van der Waals surface area contributed by atoms with Crippen LogP contribution in [0.2, 0.25) is 0 Å². The lowest BCUT2D eigenvalue weighted by atomic mass is 10.1. The Balaban J connectivity index is 1.54. The summed E-state index contributed by atoms with van der Waals surface area (Å²) in [5, 5.41) is 7.07. The van der Waals surface area contributed by atoms with E-state index in [1.807, 2.05) is 0 Å². The summed E-state index contributed by atoms with van der Waals surface area (Å²) in [7, 11) is 0. The molecule has 0 saturated carbocycles. The largest absolute Gasteiger partial charge is 0.464 e. The van der Waals surface area contributed by atoms with Crippen molar-refractivity contribution in [3.63, 3.8) is 0 Å². The first-order valence-electron chi connectivity index (χ1n) is 8.35. The molecule has 3 aromatic rings. The normalized spacial score (nSPS) is 17.6. The van der Waals surface area contributed by atoms with E-state index in [-0.39, 0.29) is 11.9 Å².